The average molecular weight is 370 g/mol. The van der Waals surface area contributed by atoms with Crippen LogP contribution in [0.5, 0.6) is 0 Å². The highest BCUT2D eigenvalue weighted by molar-refractivity contribution is 5.81. The van der Waals surface area contributed by atoms with E-state index >= 15 is 0 Å². The summed E-state index contributed by atoms with van der Waals surface area (Å²) >= 11 is 0. The molecule has 144 valence electrons. The first-order chi connectivity index (χ1) is 13.0. The number of nitrogens with one attached hydrogen (secondary N) is 1. The normalized spacial score (nSPS) is 11.2. The van der Waals surface area contributed by atoms with Crippen molar-refractivity contribution in [2.75, 3.05) is 27.7 Å². The fraction of sp³-hybridized carbons (Fsp3) is 0.333. The lowest BCUT2D eigenvalue weighted by Gasteiger charge is -2.23. The molecule has 0 spiro atoms. The molecule has 5 nitrogen and oxygen atoms in total. The third-order valence-electron chi connectivity index (χ3n) is 4.22. The first-order valence-electron chi connectivity index (χ1n) is 8.93. The standard InChI is InChI=1S/C21H27FN4O/c1-23-21(26(3)16-18-9-11-19(22)12-10-18)24-14-13-20(27)25(2)15-17-7-5-4-6-8-17/h4-12H,13-16H2,1-3H3,(H,23,24). The maximum absolute atomic E-state index is 13.0. The molecule has 0 aliphatic carbocycles. The van der Waals surface area contributed by atoms with Gasteiger partial charge in [-0.15, -0.1) is 0 Å². The van der Waals surface area contributed by atoms with Gasteiger partial charge in [0.05, 0.1) is 0 Å². The highest BCUT2D eigenvalue weighted by Crippen LogP contribution is 2.06. The number of nitrogens with zero attached hydrogens (tertiary/aromatic N) is 3. The summed E-state index contributed by atoms with van der Waals surface area (Å²) in [5.74, 6) is 0.517. The van der Waals surface area contributed by atoms with Gasteiger partial charge < -0.3 is 15.1 Å². The lowest BCUT2D eigenvalue weighted by Crippen LogP contribution is -2.40. The van der Waals surface area contributed by atoms with E-state index in [1.807, 2.05) is 49.3 Å². The van der Waals surface area contributed by atoms with E-state index in [1.165, 1.54) is 12.1 Å². The van der Waals surface area contributed by atoms with Gasteiger partial charge in [-0.2, -0.15) is 0 Å². The Balaban J connectivity index is 1.77. The molecule has 0 heterocycles. The van der Waals surface area contributed by atoms with E-state index in [2.05, 4.69) is 10.3 Å². The Hall–Kier alpha value is -2.89. The number of carbonyl (C=O) groups is 1. The summed E-state index contributed by atoms with van der Waals surface area (Å²) in [5, 5.41) is 3.20. The molecule has 2 rings (SSSR count). The smallest absolute Gasteiger partial charge is 0.224 e. The van der Waals surface area contributed by atoms with Crippen molar-refractivity contribution >= 4 is 11.9 Å². The molecule has 0 atom stereocenters. The number of halogens is 1. The van der Waals surface area contributed by atoms with E-state index in [1.54, 1.807) is 24.1 Å². The quantitative estimate of drug-likeness (QED) is 0.602. The first-order valence-corrected chi connectivity index (χ1v) is 8.93. The average Bonchev–Trinajstić information content (AvgIpc) is 2.67. The summed E-state index contributed by atoms with van der Waals surface area (Å²) in [7, 11) is 5.42. The highest BCUT2D eigenvalue weighted by Gasteiger charge is 2.11. The minimum absolute atomic E-state index is 0.0722. The molecule has 27 heavy (non-hydrogen) atoms. The van der Waals surface area contributed by atoms with Crippen molar-refractivity contribution in [2.24, 2.45) is 4.99 Å². The van der Waals surface area contributed by atoms with E-state index in [-0.39, 0.29) is 11.7 Å². The second-order valence-electron chi connectivity index (χ2n) is 6.44. The van der Waals surface area contributed by atoms with Gasteiger partial charge >= 0.3 is 0 Å². The van der Waals surface area contributed by atoms with Gasteiger partial charge in [0.25, 0.3) is 0 Å². The lowest BCUT2D eigenvalue weighted by atomic mass is 10.2. The molecule has 2 aromatic carbocycles. The summed E-state index contributed by atoms with van der Waals surface area (Å²) in [6.45, 7) is 1.69. The largest absolute Gasteiger partial charge is 0.356 e. The van der Waals surface area contributed by atoms with Crippen LogP contribution < -0.4 is 5.32 Å². The fourth-order valence-corrected chi connectivity index (χ4v) is 2.74. The molecule has 0 aromatic heterocycles. The molecule has 0 radical (unpaired) electrons. The van der Waals surface area contributed by atoms with Crippen LogP contribution in [0.3, 0.4) is 0 Å². The van der Waals surface area contributed by atoms with Crippen molar-refractivity contribution in [1.29, 1.82) is 0 Å². The van der Waals surface area contributed by atoms with E-state index < -0.39 is 0 Å². The predicted octanol–water partition coefficient (Wildman–Crippen LogP) is 2.88. The van der Waals surface area contributed by atoms with E-state index in [0.717, 1.165) is 11.1 Å². The summed E-state index contributed by atoms with van der Waals surface area (Å²) in [5.41, 5.74) is 2.09. The van der Waals surface area contributed by atoms with Crippen molar-refractivity contribution in [3.63, 3.8) is 0 Å². The van der Waals surface area contributed by atoms with Crippen molar-refractivity contribution in [3.05, 3.63) is 71.5 Å². The zero-order valence-electron chi connectivity index (χ0n) is 16.2. The Morgan fingerprint density at radius 3 is 2.19 bits per heavy atom. The van der Waals surface area contributed by atoms with Crippen LogP contribution in [-0.2, 0) is 17.9 Å². The minimum Gasteiger partial charge on any atom is -0.356 e. The molecule has 0 aliphatic rings. The van der Waals surface area contributed by atoms with Crippen LogP contribution in [0.2, 0.25) is 0 Å². The maximum atomic E-state index is 13.0. The van der Waals surface area contributed by atoms with Crippen LogP contribution in [-0.4, -0.2) is 49.4 Å². The molecule has 0 saturated heterocycles. The molecule has 0 bridgehead atoms. The van der Waals surface area contributed by atoms with E-state index in [0.29, 0.717) is 32.0 Å². The Morgan fingerprint density at radius 2 is 1.56 bits per heavy atom. The van der Waals surface area contributed by atoms with Gasteiger partial charge in [0, 0.05) is 47.2 Å². The summed E-state index contributed by atoms with van der Waals surface area (Å²) in [6.07, 6.45) is 0.382. The molecule has 1 amide bonds. The van der Waals surface area contributed by atoms with Crippen LogP contribution >= 0.6 is 0 Å². The summed E-state index contributed by atoms with van der Waals surface area (Å²) in [6, 6.07) is 16.3. The summed E-state index contributed by atoms with van der Waals surface area (Å²) < 4.78 is 13.0. The third kappa shape index (κ3) is 6.73. The number of guanidine groups is 1. The number of amides is 1. The number of carbonyl (C=O) groups excluding carboxylic acids is 1. The predicted molar refractivity (Wildman–Crippen MR) is 107 cm³/mol. The van der Waals surface area contributed by atoms with Crippen molar-refractivity contribution in [1.82, 2.24) is 15.1 Å². The Labute approximate surface area is 160 Å². The SMILES string of the molecule is CN=C(NCCC(=O)N(C)Cc1ccccc1)N(C)Cc1ccc(F)cc1. The topological polar surface area (TPSA) is 47.9 Å². The van der Waals surface area contributed by atoms with Gasteiger partial charge in [-0.1, -0.05) is 42.5 Å². The zero-order chi connectivity index (χ0) is 19.6. The number of benzene rings is 2. The number of hydrogen-bond donors (Lipinski definition) is 1. The van der Waals surface area contributed by atoms with Crippen LogP contribution in [0.25, 0.3) is 0 Å². The lowest BCUT2D eigenvalue weighted by molar-refractivity contribution is -0.130. The molecule has 0 saturated carbocycles. The Morgan fingerprint density at radius 1 is 0.963 bits per heavy atom. The van der Waals surface area contributed by atoms with E-state index in [9.17, 15) is 9.18 Å². The molecule has 0 fully saturated rings. The minimum atomic E-state index is -0.248. The zero-order valence-corrected chi connectivity index (χ0v) is 16.2. The molecular formula is C21H27FN4O. The molecule has 6 heteroatoms. The number of hydrogen-bond acceptors (Lipinski definition) is 2. The molecule has 0 unspecified atom stereocenters. The van der Waals surface area contributed by atoms with Gasteiger partial charge in [-0.3, -0.25) is 9.79 Å². The van der Waals surface area contributed by atoms with Crippen LogP contribution in [0.1, 0.15) is 17.5 Å². The van der Waals surface area contributed by atoms with Crippen molar-refractivity contribution in [2.45, 2.75) is 19.5 Å². The van der Waals surface area contributed by atoms with Gasteiger partial charge in [-0.25, -0.2) is 4.39 Å². The molecule has 0 aliphatic heterocycles. The molecule has 1 N–H and O–H groups in total. The molecule has 2 aromatic rings. The fourth-order valence-electron chi connectivity index (χ4n) is 2.74. The van der Waals surface area contributed by atoms with Gasteiger partial charge in [0.2, 0.25) is 5.91 Å². The van der Waals surface area contributed by atoms with Gasteiger partial charge in [-0.05, 0) is 23.3 Å². The van der Waals surface area contributed by atoms with Crippen LogP contribution in [0.15, 0.2) is 59.6 Å². The van der Waals surface area contributed by atoms with Crippen molar-refractivity contribution < 1.29 is 9.18 Å². The third-order valence-corrected chi connectivity index (χ3v) is 4.22. The number of rotatable bonds is 7. The first kappa shape index (κ1) is 20.4. The Bertz CT molecular complexity index is 747. The van der Waals surface area contributed by atoms with Crippen LogP contribution in [0.4, 0.5) is 4.39 Å². The number of aliphatic imine (C=N–C) groups is 1. The van der Waals surface area contributed by atoms with Gasteiger partial charge in [0.15, 0.2) is 5.96 Å². The maximum Gasteiger partial charge on any atom is 0.224 e. The second kappa shape index (κ2) is 10.3. The summed E-state index contributed by atoms with van der Waals surface area (Å²) in [4.78, 5) is 20.2. The second-order valence-corrected chi connectivity index (χ2v) is 6.44. The molecular weight excluding hydrogens is 343 g/mol. The van der Waals surface area contributed by atoms with Gasteiger partial charge in [0.1, 0.15) is 5.82 Å². The van der Waals surface area contributed by atoms with Crippen LogP contribution in [0, 0.1) is 5.82 Å². The van der Waals surface area contributed by atoms with E-state index in [4.69, 9.17) is 0 Å². The monoisotopic (exact) mass is 370 g/mol. The Kier molecular flexibility index (Phi) is 7.79. The highest BCUT2D eigenvalue weighted by atomic mass is 19.1. The van der Waals surface area contributed by atoms with Crippen molar-refractivity contribution in [3.8, 4) is 0 Å².